The molecule has 2 amide bonds. The molecule has 0 bridgehead atoms. The molecule has 0 saturated carbocycles. The third-order valence-corrected chi connectivity index (χ3v) is 5.75. The summed E-state index contributed by atoms with van der Waals surface area (Å²) in [6, 6.07) is 7.56. The molecular weight excluding hydrogens is 382 g/mol. The van der Waals surface area contributed by atoms with Gasteiger partial charge in [0.15, 0.2) is 6.29 Å². The maximum absolute atomic E-state index is 12.3. The molecule has 2 fully saturated rings. The molecule has 0 aliphatic carbocycles. The highest BCUT2D eigenvalue weighted by Gasteiger charge is 2.18. The van der Waals surface area contributed by atoms with Crippen LogP contribution in [0.2, 0.25) is 0 Å². The molecular formula is C23H35N3O4. The number of nitrogens with one attached hydrogen (secondary N) is 1. The lowest BCUT2D eigenvalue weighted by Crippen LogP contribution is -2.35. The van der Waals surface area contributed by atoms with Crippen molar-refractivity contribution in [2.45, 2.75) is 51.2 Å². The molecule has 1 aromatic carbocycles. The van der Waals surface area contributed by atoms with Gasteiger partial charge in [0, 0.05) is 44.2 Å². The van der Waals surface area contributed by atoms with E-state index in [9.17, 15) is 9.59 Å². The van der Waals surface area contributed by atoms with E-state index in [1.807, 2.05) is 31.3 Å². The Labute approximate surface area is 179 Å². The lowest BCUT2D eigenvalue weighted by molar-refractivity contribution is -0.130. The Kier molecular flexibility index (Phi) is 9.11. The lowest BCUT2D eigenvalue weighted by Gasteiger charge is -2.27. The average molecular weight is 418 g/mol. The molecule has 30 heavy (non-hydrogen) atoms. The van der Waals surface area contributed by atoms with Crippen LogP contribution in [0.4, 0.5) is 5.69 Å². The second-order valence-electron chi connectivity index (χ2n) is 8.17. The second-order valence-corrected chi connectivity index (χ2v) is 8.17. The van der Waals surface area contributed by atoms with E-state index in [1.165, 1.54) is 19.3 Å². The summed E-state index contributed by atoms with van der Waals surface area (Å²) in [7, 11) is 1.86. The summed E-state index contributed by atoms with van der Waals surface area (Å²) in [5.74, 6) is 0.190. The standard InChI is InChI=1S/C23H35N3O4/c1-25(22(28)12-16-26-14-4-2-5-15-26)13-6-3-7-21(27)24-20-10-8-19(9-11-20)23-29-17-18-30-23/h8-11,23H,2-7,12-18H2,1H3,(H,24,27). The van der Waals surface area contributed by atoms with E-state index in [2.05, 4.69) is 10.2 Å². The van der Waals surface area contributed by atoms with Crippen molar-refractivity contribution in [1.29, 1.82) is 0 Å². The van der Waals surface area contributed by atoms with Gasteiger partial charge in [0.2, 0.25) is 11.8 Å². The molecule has 2 heterocycles. The Hall–Kier alpha value is -1.96. The molecule has 1 aromatic rings. The van der Waals surface area contributed by atoms with E-state index >= 15 is 0 Å². The first kappa shape index (κ1) is 22.7. The highest BCUT2D eigenvalue weighted by molar-refractivity contribution is 5.90. The minimum Gasteiger partial charge on any atom is -0.346 e. The van der Waals surface area contributed by atoms with Crippen LogP contribution in [0.1, 0.15) is 56.8 Å². The van der Waals surface area contributed by atoms with E-state index in [0.29, 0.717) is 32.6 Å². The van der Waals surface area contributed by atoms with Crippen molar-refractivity contribution >= 4 is 17.5 Å². The van der Waals surface area contributed by atoms with E-state index < -0.39 is 0 Å². The van der Waals surface area contributed by atoms with Crippen molar-refractivity contribution < 1.29 is 19.1 Å². The average Bonchev–Trinajstić information content (AvgIpc) is 3.31. The summed E-state index contributed by atoms with van der Waals surface area (Å²) >= 11 is 0. The minimum atomic E-state index is -0.297. The molecule has 3 rings (SSSR count). The zero-order chi connectivity index (χ0) is 21.2. The van der Waals surface area contributed by atoms with Crippen LogP contribution in [0.25, 0.3) is 0 Å². The van der Waals surface area contributed by atoms with Gasteiger partial charge in [-0.1, -0.05) is 18.6 Å². The summed E-state index contributed by atoms with van der Waals surface area (Å²) in [4.78, 5) is 28.6. The first-order valence-corrected chi connectivity index (χ1v) is 11.2. The highest BCUT2D eigenvalue weighted by atomic mass is 16.7. The smallest absolute Gasteiger partial charge is 0.224 e. The fourth-order valence-electron chi connectivity index (χ4n) is 3.88. The number of unbranched alkanes of at least 4 members (excludes halogenated alkanes) is 1. The summed E-state index contributed by atoms with van der Waals surface area (Å²) in [5, 5.41) is 2.92. The molecule has 2 aliphatic heterocycles. The number of carbonyl (C=O) groups is 2. The van der Waals surface area contributed by atoms with Crippen LogP contribution < -0.4 is 5.32 Å². The normalized spacial score (nSPS) is 17.8. The monoisotopic (exact) mass is 417 g/mol. The molecule has 2 aliphatic rings. The molecule has 0 radical (unpaired) electrons. The van der Waals surface area contributed by atoms with Crippen LogP contribution in [-0.4, -0.2) is 68.1 Å². The number of ether oxygens (including phenoxy) is 2. The summed E-state index contributed by atoms with van der Waals surface area (Å²) in [6.45, 7) is 5.03. The summed E-state index contributed by atoms with van der Waals surface area (Å²) < 4.78 is 10.9. The van der Waals surface area contributed by atoms with Crippen molar-refractivity contribution in [3.63, 3.8) is 0 Å². The first-order valence-electron chi connectivity index (χ1n) is 11.2. The highest BCUT2D eigenvalue weighted by Crippen LogP contribution is 2.24. The first-order chi connectivity index (χ1) is 14.6. The second kappa shape index (κ2) is 12.0. The number of hydrogen-bond donors (Lipinski definition) is 1. The lowest BCUT2D eigenvalue weighted by atomic mass is 10.1. The van der Waals surface area contributed by atoms with Crippen LogP contribution >= 0.6 is 0 Å². The molecule has 0 atom stereocenters. The van der Waals surface area contributed by atoms with Crippen LogP contribution in [0, 0.1) is 0 Å². The summed E-state index contributed by atoms with van der Waals surface area (Å²) in [5.41, 5.74) is 1.73. The number of hydrogen-bond acceptors (Lipinski definition) is 5. The van der Waals surface area contributed by atoms with Crippen LogP contribution in [0.5, 0.6) is 0 Å². The molecule has 7 nitrogen and oxygen atoms in total. The van der Waals surface area contributed by atoms with Gasteiger partial charge >= 0.3 is 0 Å². The topological polar surface area (TPSA) is 71.1 Å². The maximum Gasteiger partial charge on any atom is 0.224 e. The molecule has 0 aromatic heterocycles. The zero-order valence-corrected chi connectivity index (χ0v) is 18.1. The van der Waals surface area contributed by atoms with Gasteiger partial charge in [0.1, 0.15) is 0 Å². The van der Waals surface area contributed by atoms with Gasteiger partial charge in [-0.15, -0.1) is 0 Å². The number of piperidine rings is 1. The quantitative estimate of drug-likeness (QED) is 0.592. The minimum absolute atomic E-state index is 0.00445. The van der Waals surface area contributed by atoms with Gasteiger partial charge in [-0.2, -0.15) is 0 Å². The fourth-order valence-corrected chi connectivity index (χ4v) is 3.88. The molecule has 166 valence electrons. The van der Waals surface area contributed by atoms with Crippen molar-refractivity contribution in [2.75, 3.05) is 51.8 Å². The molecule has 0 spiro atoms. The van der Waals surface area contributed by atoms with Crippen molar-refractivity contribution in [2.24, 2.45) is 0 Å². The molecule has 0 unspecified atom stereocenters. The molecule has 2 saturated heterocycles. The van der Waals surface area contributed by atoms with Gasteiger partial charge < -0.3 is 24.6 Å². The van der Waals surface area contributed by atoms with Gasteiger partial charge in [-0.25, -0.2) is 0 Å². The Morgan fingerprint density at radius 3 is 2.43 bits per heavy atom. The number of nitrogens with zero attached hydrogens (tertiary/aromatic N) is 2. The van der Waals surface area contributed by atoms with E-state index in [0.717, 1.165) is 43.7 Å². The Bertz CT molecular complexity index is 668. The van der Waals surface area contributed by atoms with Gasteiger partial charge in [0.05, 0.1) is 13.2 Å². The van der Waals surface area contributed by atoms with Gasteiger partial charge in [-0.05, 0) is 50.9 Å². The summed E-state index contributed by atoms with van der Waals surface area (Å²) in [6.07, 6.45) is 6.14. The fraction of sp³-hybridized carbons (Fsp3) is 0.652. The third-order valence-electron chi connectivity index (χ3n) is 5.75. The van der Waals surface area contributed by atoms with E-state index in [-0.39, 0.29) is 18.1 Å². The molecule has 1 N–H and O–H groups in total. The van der Waals surface area contributed by atoms with Crippen LogP contribution in [-0.2, 0) is 19.1 Å². The number of carbonyl (C=O) groups excluding carboxylic acids is 2. The third kappa shape index (κ3) is 7.38. The van der Waals surface area contributed by atoms with Crippen molar-refractivity contribution in [1.82, 2.24) is 9.80 Å². The van der Waals surface area contributed by atoms with Crippen LogP contribution in [0.3, 0.4) is 0 Å². The molecule has 7 heteroatoms. The van der Waals surface area contributed by atoms with Gasteiger partial charge in [0.25, 0.3) is 0 Å². The Balaban J connectivity index is 1.27. The van der Waals surface area contributed by atoms with Crippen LogP contribution in [0.15, 0.2) is 24.3 Å². The van der Waals surface area contributed by atoms with Gasteiger partial charge in [-0.3, -0.25) is 9.59 Å². The predicted molar refractivity (Wildman–Crippen MR) is 116 cm³/mol. The maximum atomic E-state index is 12.3. The van der Waals surface area contributed by atoms with E-state index in [4.69, 9.17) is 9.47 Å². The predicted octanol–water partition coefficient (Wildman–Crippen LogP) is 3.18. The Morgan fingerprint density at radius 1 is 1.03 bits per heavy atom. The number of likely N-dealkylation sites (tertiary alicyclic amines) is 1. The van der Waals surface area contributed by atoms with Crippen molar-refractivity contribution in [3.8, 4) is 0 Å². The van der Waals surface area contributed by atoms with Crippen molar-refractivity contribution in [3.05, 3.63) is 29.8 Å². The van der Waals surface area contributed by atoms with E-state index in [1.54, 1.807) is 4.90 Å². The Morgan fingerprint density at radius 2 is 1.73 bits per heavy atom. The number of benzene rings is 1. The number of rotatable bonds is 10. The zero-order valence-electron chi connectivity index (χ0n) is 18.1. The largest absolute Gasteiger partial charge is 0.346 e. The number of anilines is 1. The number of amides is 2. The SMILES string of the molecule is CN(CCCCC(=O)Nc1ccc(C2OCCO2)cc1)C(=O)CCN1CCCCC1.